The van der Waals surface area contributed by atoms with Crippen molar-refractivity contribution in [2.75, 3.05) is 13.1 Å². The Balaban J connectivity index is 1.80. The van der Waals surface area contributed by atoms with Gasteiger partial charge in [0.15, 0.2) is 0 Å². The molecule has 5 nitrogen and oxygen atoms in total. The fourth-order valence-electron chi connectivity index (χ4n) is 1.59. The second kappa shape index (κ2) is 4.67. The normalized spacial score (nSPS) is 24.5. The van der Waals surface area contributed by atoms with Gasteiger partial charge in [-0.15, -0.1) is 0 Å². The summed E-state index contributed by atoms with van der Waals surface area (Å²) in [4.78, 5) is 23.1. The molecule has 0 aromatic rings. The topological polar surface area (TPSA) is 61.4 Å². The summed E-state index contributed by atoms with van der Waals surface area (Å²) in [6.45, 7) is 1.41. The minimum absolute atomic E-state index is 0.200. The van der Waals surface area contributed by atoms with E-state index in [0.717, 1.165) is 19.4 Å². The minimum atomic E-state index is -0.330. The SMILES string of the molecule is O=C(NC(=O)N1CC=CS1)[C@@H]1CCCN1. The molecular formula is C9H13N3O2S. The Kier molecular flexibility index (Phi) is 3.27. The third kappa shape index (κ3) is 2.51. The molecule has 0 aromatic carbocycles. The van der Waals surface area contributed by atoms with Gasteiger partial charge in [-0.3, -0.25) is 14.4 Å². The lowest BCUT2D eigenvalue weighted by Gasteiger charge is -2.16. The molecule has 15 heavy (non-hydrogen) atoms. The average Bonchev–Trinajstić information content (AvgIpc) is 2.91. The number of carbonyl (C=O) groups is 2. The van der Waals surface area contributed by atoms with Crippen molar-refractivity contribution in [2.24, 2.45) is 0 Å². The van der Waals surface area contributed by atoms with Crippen molar-refractivity contribution < 1.29 is 9.59 Å². The number of rotatable bonds is 1. The van der Waals surface area contributed by atoms with Crippen LogP contribution in [0.3, 0.4) is 0 Å². The fraction of sp³-hybridized carbons (Fsp3) is 0.556. The molecule has 0 saturated carbocycles. The monoisotopic (exact) mass is 227 g/mol. The summed E-state index contributed by atoms with van der Waals surface area (Å²) >= 11 is 1.30. The molecule has 0 aliphatic carbocycles. The Morgan fingerprint density at radius 3 is 3.00 bits per heavy atom. The van der Waals surface area contributed by atoms with E-state index in [2.05, 4.69) is 10.6 Å². The zero-order valence-electron chi connectivity index (χ0n) is 8.23. The summed E-state index contributed by atoms with van der Waals surface area (Å²) < 4.78 is 1.51. The predicted octanol–water partition coefficient (Wildman–Crippen LogP) is 0.452. The summed E-state index contributed by atoms with van der Waals surface area (Å²) in [6.07, 6.45) is 3.68. The van der Waals surface area contributed by atoms with E-state index in [1.807, 2.05) is 11.5 Å². The molecule has 0 radical (unpaired) electrons. The van der Waals surface area contributed by atoms with Crippen LogP contribution in [0.1, 0.15) is 12.8 Å². The van der Waals surface area contributed by atoms with Crippen molar-refractivity contribution >= 4 is 23.9 Å². The van der Waals surface area contributed by atoms with Crippen molar-refractivity contribution in [3.63, 3.8) is 0 Å². The highest BCUT2D eigenvalue weighted by molar-refractivity contribution is 8.00. The standard InChI is InChI=1S/C9H13N3O2S/c13-8(7-3-1-4-10-7)11-9(14)12-5-2-6-15-12/h2,6-7,10H,1,3-5H2,(H,11,13,14)/t7-/m0/s1. The van der Waals surface area contributed by atoms with Crippen molar-refractivity contribution in [1.82, 2.24) is 14.9 Å². The number of nitrogens with zero attached hydrogens (tertiary/aromatic N) is 1. The summed E-state index contributed by atoms with van der Waals surface area (Å²) in [5, 5.41) is 7.27. The molecule has 2 rings (SSSR count). The molecule has 82 valence electrons. The summed E-state index contributed by atoms with van der Waals surface area (Å²) in [5.41, 5.74) is 0. The molecule has 2 N–H and O–H groups in total. The second-order valence-corrected chi connectivity index (χ2v) is 4.41. The van der Waals surface area contributed by atoms with Crippen LogP contribution in [0, 0.1) is 0 Å². The number of hydrogen-bond acceptors (Lipinski definition) is 4. The first-order chi connectivity index (χ1) is 7.27. The van der Waals surface area contributed by atoms with Crippen LogP contribution < -0.4 is 10.6 Å². The van der Waals surface area contributed by atoms with Gasteiger partial charge >= 0.3 is 6.03 Å². The molecule has 1 saturated heterocycles. The van der Waals surface area contributed by atoms with E-state index in [1.165, 1.54) is 16.3 Å². The molecule has 0 aromatic heterocycles. The Bertz CT molecular complexity index is 280. The third-order valence-corrected chi connectivity index (χ3v) is 3.27. The lowest BCUT2D eigenvalue weighted by Crippen LogP contribution is -2.46. The molecule has 2 aliphatic rings. The predicted molar refractivity (Wildman–Crippen MR) is 58.0 cm³/mol. The molecule has 1 atom stereocenters. The first-order valence-corrected chi connectivity index (χ1v) is 5.78. The van der Waals surface area contributed by atoms with Gasteiger partial charge in [-0.2, -0.15) is 0 Å². The lowest BCUT2D eigenvalue weighted by atomic mass is 10.2. The molecule has 0 bridgehead atoms. The van der Waals surface area contributed by atoms with Crippen LogP contribution in [-0.4, -0.2) is 35.4 Å². The zero-order valence-corrected chi connectivity index (χ0v) is 9.05. The number of urea groups is 1. The van der Waals surface area contributed by atoms with Gasteiger partial charge in [-0.05, 0) is 36.7 Å². The van der Waals surface area contributed by atoms with E-state index in [-0.39, 0.29) is 18.0 Å². The quantitative estimate of drug-likeness (QED) is 0.639. The van der Waals surface area contributed by atoms with Crippen LogP contribution in [0.4, 0.5) is 4.79 Å². The number of hydrogen-bond donors (Lipinski definition) is 2. The largest absolute Gasteiger partial charge is 0.334 e. The Morgan fingerprint density at radius 2 is 2.40 bits per heavy atom. The molecule has 2 heterocycles. The minimum Gasteiger partial charge on any atom is -0.306 e. The summed E-state index contributed by atoms with van der Waals surface area (Å²) in [6, 6.07) is -0.529. The maximum absolute atomic E-state index is 11.6. The average molecular weight is 227 g/mol. The van der Waals surface area contributed by atoms with Gasteiger partial charge in [0.1, 0.15) is 0 Å². The van der Waals surface area contributed by atoms with Gasteiger partial charge in [0, 0.05) is 0 Å². The number of imide groups is 1. The Hall–Kier alpha value is -1.01. The maximum Gasteiger partial charge on any atom is 0.334 e. The highest BCUT2D eigenvalue weighted by Crippen LogP contribution is 2.17. The molecule has 2 aliphatic heterocycles. The van der Waals surface area contributed by atoms with E-state index >= 15 is 0 Å². The van der Waals surface area contributed by atoms with E-state index in [0.29, 0.717) is 6.54 Å². The Labute approximate surface area is 92.4 Å². The molecule has 1 fully saturated rings. The van der Waals surface area contributed by atoms with E-state index in [4.69, 9.17) is 0 Å². The maximum atomic E-state index is 11.6. The molecular weight excluding hydrogens is 214 g/mol. The van der Waals surface area contributed by atoms with Crippen LogP contribution in [-0.2, 0) is 4.79 Å². The van der Waals surface area contributed by atoms with Crippen molar-refractivity contribution in [1.29, 1.82) is 0 Å². The smallest absolute Gasteiger partial charge is 0.306 e. The molecule has 3 amide bonds. The van der Waals surface area contributed by atoms with Crippen molar-refractivity contribution in [3.8, 4) is 0 Å². The molecule has 0 unspecified atom stereocenters. The van der Waals surface area contributed by atoms with Gasteiger partial charge in [0.25, 0.3) is 0 Å². The first kappa shape index (κ1) is 10.5. The molecule has 6 heteroatoms. The summed E-state index contributed by atoms with van der Waals surface area (Å²) in [7, 11) is 0. The first-order valence-electron chi connectivity index (χ1n) is 4.95. The van der Waals surface area contributed by atoms with E-state index < -0.39 is 0 Å². The van der Waals surface area contributed by atoms with Gasteiger partial charge in [-0.1, -0.05) is 6.08 Å². The van der Waals surface area contributed by atoms with Gasteiger partial charge in [0.2, 0.25) is 5.91 Å². The number of carbonyl (C=O) groups excluding carboxylic acids is 2. The molecule has 0 spiro atoms. The fourth-order valence-corrected chi connectivity index (χ4v) is 2.22. The third-order valence-electron chi connectivity index (χ3n) is 2.39. The number of nitrogens with one attached hydrogen (secondary N) is 2. The number of amides is 3. The van der Waals surface area contributed by atoms with Crippen molar-refractivity contribution in [2.45, 2.75) is 18.9 Å². The van der Waals surface area contributed by atoms with Crippen LogP contribution in [0.25, 0.3) is 0 Å². The van der Waals surface area contributed by atoms with Crippen LogP contribution in [0.15, 0.2) is 11.5 Å². The van der Waals surface area contributed by atoms with Crippen molar-refractivity contribution in [3.05, 3.63) is 11.5 Å². The van der Waals surface area contributed by atoms with E-state index in [9.17, 15) is 9.59 Å². The summed E-state index contributed by atoms with van der Waals surface area (Å²) in [5.74, 6) is -0.218. The second-order valence-electron chi connectivity index (χ2n) is 3.48. The zero-order chi connectivity index (χ0) is 10.7. The van der Waals surface area contributed by atoms with Gasteiger partial charge in [0.05, 0.1) is 12.6 Å². The van der Waals surface area contributed by atoms with Crippen LogP contribution in [0.2, 0.25) is 0 Å². The lowest BCUT2D eigenvalue weighted by molar-refractivity contribution is -0.121. The Morgan fingerprint density at radius 1 is 1.53 bits per heavy atom. The van der Waals surface area contributed by atoms with Crippen LogP contribution in [0.5, 0.6) is 0 Å². The van der Waals surface area contributed by atoms with Gasteiger partial charge in [-0.25, -0.2) is 4.79 Å². The highest BCUT2D eigenvalue weighted by Gasteiger charge is 2.25. The highest BCUT2D eigenvalue weighted by atomic mass is 32.2. The van der Waals surface area contributed by atoms with Gasteiger partial charge < -0.3 is 5.32 Å². The van der Waals surface area contributed by atoms with E-state index in [1.54, 1.807) is 0 Å². The van der Waals surface area contributed by atoms with Crippen LogP contribution >= 0.6 is 11.9 Å².